The van der Waals surface area contributed by atoms with Crippen LogP contribution in [0.2, 0.25) is 0 Å². The van der Waals surface area contributed by atoms with Gasteiger partial charge in [0.1, 0.15) is 6.61 Å². The highest BCUT2D eigenvalue weighted by Crippen LogP contribution is 2.26. The highest BCUT2D eigenvalue weighted by atomic mass is 19.4. The molecule has 0 aromatic heterocycles. The Kier molecular flexibility index (Phi) is 6.46. The van der Waals surface area contributed by atoms with E-state index in [1.165, 1.54) is 0 Å². The molecule has 21 heavy (non-hydrogen) atoms. The number of amides is 1. The van der Waals surface area contributed by atoms with E-state index in [2.05, 4.69) is 5.32 Å². The fraction of sp³-hybridized carbons (Fsp3) is 0.929. The SMILES string of the molecule is CCC(C)(CN)C(=O)NC1CCCC(OCC(F)(F)F)C1. The molecule has 1 saturated carbocycles. The summed E-state index contributed by atoms with van der Waals surface area (Å²) >= 11 is 0. The predicted octanol–water partition coefficient (Wildman–Crippen LogP) is 2.37. The Morgan fingerprint density at radius 3 is 2.57 bits per heavy atom. The van der Waals surface area contributed by atoms with E-state index >= 15 is 0 Å². The van der Waals surface area contributed by atoms with E-state index in [0.29, 0.717) is 19.3 Å². The highest BCUT2D eigenvalue weighted by Gasteiger charge is 2.34. The number of rotatable bonds is 6. The van der Waals surface area contributed by atoms with E-state index in [1.54, 1.807) is 6.92 Å². The van der Waals surface area contributed by atoms with Crippen LogP contribution in [0, 0.1) is 5.41 Å². The van der Waals surface area contributed by atoms with Crippen LogP contribution in [-0.4, -0.2) is 37.4 Å². The Balaban J connectivity index is 2.48. The molecule has 4 nitrogen and oxygen atoms in total. The van der Waals surface area contributed by atoms with Gasteiger partial charge in [-0.2, -0.15) is 13.2 Å². The van der Waals surface area contributed by atoms with Crippen LogP contribution in [-0.2, 0) is 9.53 Å². The maximum Gasteiger partial charge on any atom is 0.411 e. The van der Waals surface area contributed by atoms with E-state index < -0.39 is 24.3 Å². The largest absolute Gasteiger partial charge is 0.411 e. The van der Waals surface area contributed by atoms with Crippen molar-refractivity contribution in [3.05, 3.63) is 0 Å². The van der Waals surface area contributed by atoms with Gasteiger partial charge in [-0.1, -0.05) is 6.92 Å². The lowest BCUT2D eigenvalue weighted by Gasteiger charge is -2.33. The van der Waals surface area contributed by atoms with Crippen LogP contribution in [0.5, 0.6) is 0 Å². The molecular formula is C14H25F3N2O2. The number of hydrogen-bond donors (Lipinski definition) is 2. The van der Waals surface area contributed by atoms with Crippen molar-refractivity contribution in [2.45, 2.75) is 64.3 Å². The molecule has 1 aliphatic carbocycles. The lowest BCUT2D eigenvalue weighted by atomic mass is 9.85. The summed E-state index contributed by atoms with van der Waals surface area (Å²) < 4.78 is 41.4. The van der Waals surface area contributed by atoms with Crippen LogP contribution in [0.1, 0.15) is 46.0 Å². The first-order valence-corrected chi connectivity index (χ1v) is 7.39. The van der Waals surface area contributed by atoms with Gasteiger partial charge in [0.15, 0.2) is 0 Å². The van der Waals surface area contributed by atoms with Crippen molar-refractivity contribution in [1.29, 1.82) is 0 Å². The Morgan fingerprint density at radius 1 is 1.38 bits per heavy atom. The van der Waals surface area contributed by atoms with Crippen LogP contribution in [0.25, 0.3) is 0 Å². The Hall–Kier alpha value is -0.820. The van der Waals surface area contributed by atoms with E-state index in [1.807, 2.05) is 6.92 Å². The van der Waals surface area contributed by atoms with Crippen LogP contribution in [0.15, 0.2) is 0 Å². The Bertz CT molecular complexity index is 344. The third-order valence-corrected chi connectivity index (χ3v) is 4.22. The van der Waals surface area contributed by atoms with Crippen LogP contribution in [0.3, 0.4) is 0 Å². The Morgan fingerprint density at radius 2 is 2.05 bits per heavy atom. The minimum atomic E-state index is -4.31. The van der Waals surface area contributed by atoms with Gasteiger partial charge in [-0.15, -0.1) is 0 Å². The zero-order chi connectivity index (χ0) is 16.1. The normalized spacial score (nSPS) is 26.2. The summed E-state index contributed by atoms with van der Waals surface area (Å²) in [5.41, 5.74) is 5.01. The lowest BCUT2D eigenvalue weighted by molar-refractivity contribution is -0.188. The molecule has 0 heterocycles. The van der Waals surface area contributed by atoms with Gasteiger partial charge >= 0.3 is 6.18 Å². The van der Waals surface area contributed by atoms with Crippen molar-refractivity contribution in [2.75, 3.05) is 13.2 Å². The molecule has 0 aromatic rings. The summed E-state index contributed by atoms with van der Waals surface area (Å²) in [7, 11) is 0. The molecule has 0 saturated heterocycles. The van der Waals surface area contributed by atoms with Crippen molar-refractivity contribution < 1.29 is 22.7 Å². The standard InChI is InChI=1S/C14H25F3N2O2/c1-3-13(2,8-18)12(20)19-10-5-4-6-11(7-10)21-9-14(15,16)17/h10-11H,3-9,18H2,1-2H3,(H,19,20). The van der Waals surface area contributed by atoms with Crippen molar-refractivity contribution in [3.63, 3.8) is 0 Å². The monoisotopic (exact) mass is 310 g/mol. The van der Waals surface area contributed by atoms with Gasteiger partial charge in [0, 0.05) is 12.6 Å². The predicted molar refractivity (Wildman–Crippen MR) is 73.6 cm³/mol. The number of alkyl halides is 3. The third kappa shape index (κ3) is 5.82. The fourth-order valence-electron chi connectivity index (χ4n) is 2.40. The van der Waals surface area contributed by atoms with Crippen molar-refractivity contribution >= 4 is 5.91 Å². The number of carbonyl (C=O) groups is 1. The number of halogens is 3. The summed E-state index contributed by atoms with van der Waals surface area (Å²) in [5.74, 6) is -0.131. The second kappa shape index (κ2) is 7.45. The molecular weight excluding hydrogens is 285 g/mol. The fourth-order valence-corrected chi connectivity index (χ4v) is 2.40. The lowest BCUT2D eigenvalue weighted by Crippen LogP contribution is -2.49. The quantitative estimate of drug-likeness (QED) is 0.791. The number of hydrogen-bond acceptors (Lipinski definition) is 3. The average molecular weight is 310 g/mol. The topological polar surface area (TPSA) is 64.4 Å². The first-order valence-electron chi connectivity index (χ1n) is 7.39. The highest BCUT2D eigenvalue weighted by molar-refractivity contribution is 5.82. The van der Waals surface area contributed by atoms with Crippen molar-refractivity contribution in [3.8, 4) is 0 Å². The van der Waals surface area contributed by atoms with Gasteiger partial charge in [-0.25, -0.2) is 0 Å². The molecule has 0 bridgehead atoms. The first kappa shape index (κ1) is 18.2. The molecule has 0 aromatic carbocycles. The molecule has 3 unspecified atom stereocenters. The second-order valence-electron chi connectivity index (χ2n) is 6.00. The molecule has 0 radical (unpaired) electrons. The molecule has 1 rings (SSSR count). The second-order valence-corrected chi connectivity index (χ2v) is 6.00. The van der Waals surface area contributed by atoms with Crippen molar-refractivity contribution in [1.82, 2.24) is 5.32 Å². The number of carbonyl (C=O) groups excluding carboxylic acids is 1. The molecule has 0 aliphatic heterocycles. The number of ether oxygens (including phenoxy) is 1. The number of nitrogens with two attached hydrogens (primary N) is 1. The molecule has 7 heteroatoms. The van der Waals surface area contributed by atoms with E-state index in [4.69, 9.17) is 10.5 Å². The third-order valence-electron chi connectivity index (χ3n) is 4.22. The van der Waals surface area contributed by atoms with Crippen molar-refractivity contribution in [2.24, 2.45) is 11.1 Å². The summed E-state index contributed by atoms with van der Waals surface area (Å²) in [6, 6.07) is -0.137. The summed E-state index contributed by atoms with van der Waals surface area (Å²) in [6.07, 6.45) is -1.60. The molecule has 1 fully saturated rings. The molecule has 124 valence electrons. The van der Waals surface area contributed by atoms with Crippen LogP contribution < -0.4 is 11.1 Å². The zero-order valence-corrected chi connectivity index (χ0v) is 12.6. The minimum absolute atomic E-state index is 0.131. The smallest absolute Gasteiger partial charge is 0.369 e. The molecule has 0 spiro atoms. The van der Waals surface area contributed by atoms with Crippen LogP contribution in [0.4, 0.5) is 13.2 Å². The van der Waals surface area contributed by atoms with E-state index in [0.717, 1.165) is 12.8 Å². The molecule has 1 aliphatic rings. The summed E-state index contributed by atoms with van der Waals surface area (Å²) in [4.78, 5) is 12.2. The van der Waals surface area contributed by atoms with Gasteiger partial charge < -0.3 is 15.8 Å². The number of nitrogens with one attached hydrogen (secondary N) is 1. The maximum atomic E-state index is 12.2. The minimum Gasteiger partial charge on any atom is -0.369 e. The maximum absolute atomic E-state index is 12.2. The van der Waals surface area contributed by atoms with Crippen LogP contribution >= 0.6 is 0 Å². The van der Waals surface area contributed by atoms with Gasteiger partial charge in [-0.05, 0) is 39.0 Å². The first-order chi connectivity index (χ1) is 9.70. The molecule has 3 N–H and O–H groups in total. The summed E-state index contributed by atoms with van der Waals surface area (Å²) in [6.45, 7) is 2.70. The van der Waals surface area contributed by atoms with Gasteiger partial charge in [0.2, 0.25) is 5.91 Å². The van der Waals surface area contributed by atoms with E-state index in [-0.39, 0.29) is 18.5 Å². The summed E-state index contributed by atoms with van der Waals surface area (Å²) in [5, 5.41) is 2.91. The zero-order valence-electron chi connectivity index (χ0n) is 12.6. The van der Waals surface area contributed by atoms with Gasteiger partial charge in [-0.3, -0.25) is 4.79 Å². The molecule has 3 atom stereocenters. The average Bonchev–Trinajstić information content (AvgIpc) is 2.44. The Labute approximate surface area is 123 Å². The van der Waals surface area contributed by atoms with Gasteiger partial charge in [0.25, 0.3) is 0 Å². The molecule has 1 amide bonds. The van der Waals surface area contributed by atoms with Gasteiger partial charge in [0.05, 0.1) is 11.5 Å². The van der Waals surface area contributed by atoms with E-state index in [9.17, 15) is 18.0 Å².